The SMILES string of the molecule is CCCCc1ccc(NC(=O)CN2C(=O)CC(C)Sc3ccccc32)cc1. The van der Waals surface area contributed by atoms with Crippen LogP contribution in [0.4, 0.5) is 11.4 Å². The first-order chi connectivity index (χ1) is 13.1. The van der Waals surface area contributed by atoms with Crippen molar-refractivity contribution in [1.82, 2.24) is 0 Å². The van der Waals surface area contributed by atoms with Crippen LogP contribution in [0, 0.1) is 0 Å². The number of thioether (sulfide) groups is 1. The molecular formula is C22H26N2O2S. The van der Waals surface area contributed by atoms with E-state index >= 15 is 0 Å². The summed E-state index contributed by atoms with van der Waals surface area (Å²) in [6.07, 6.45) is 3.82. The number of para-hydroxylation sites is 1. The largest absolute Gasteiger partial charge is 0.325 e. The van der Waals surface area contributed by atoms with Gasteiger partial charge in [-0.1, -0.05) is 44.5 Å². The zero-order valence-corrected chi connectivity index (χ0v) is 16.7. The van der Waals surface area contributed by atoms with E-state index < -0.39 is 0 Å². The minimum Gasteiger partial charge on any atom is -0.325 e. The molecule has 142 valence electrons. The number of unbranched alkanes of at least 4 members (excludes halogenated alkanes) is 1. The lowest BCUT2D eigenvalue weighted by atomic mass is 10.1. The highest BCUT2D eigenvalue weighted by atomic mass is 32.2. The molecule has 0 bridgehead atoms. The molecule has 0 radical (unpaired) electrons. The summed E-state index contributed by atoms with van der Waals surface area (Å²) in [6.45, 7) is 4.25. The summed E-state index contributed by atoms with van der Waals surface area (Å²) in [6, 6.07) is 15.8. The van der Waals surface area contributed by atoms with Gasteiger partial charge >= 0.3 is 0 Å². The summed E-state index contributed by atoms with van der Waals surface area (Å²) in [7, 11) is 0. The number of amides is 2. The summed E-state index contributed by atoms with van der Waals surface area (Å²) in [4.78, 5) is 27.9. The third-order valence-electron chi connectivity index (χ3n) is 4.61. The number of nitrogens with one attached hydrogen (secondary N) is 1. The third kappa shape index (κ3) is 5.13. The van der Waals surface area contributed by atoms with Crippen molar-refractivity contribution in [3.63, 3.8) is 0 Å². The number of anilines is 2. The molecule has 2 amide bonds. The van der Waals surface area contributed by atoms with Crippen LogP contribution in [0.2, 0.25) is 0 Å². The van der Waals surface area contributed by atoms with Gasteiger partial charge in [-0.2, -0.15) is 0 Å². The standard InChI is InChI=1S/C22H26N2O2S/c1-3-4-7-17-10-12-18(13-11-17)23-21(25)15-24-19-8-5-6-9-20(19)27-16(2)14-22(24)26/h5-6,8-13,16H,3-4,7,14-15H2,1-2H3,(H,23,25). The van der Waals surface area contributed by atoms with Crippen LogP contribution in [0.3, 0.4) is 0 Å². The van der Waals surface area contributed by atoms with Gasteiger partial charge in [-0.25, -0.2) is 0 Å². The van der Waals surface area contributed by atoms with Crippen LogP contribution >= 0.6 is 11.8 Å². The van der Waals surface area contributed by atoms with E-state index in [4.69, 9.17) is 0 Å². The van der Waals surface area contributed by atoms with Crippen molar-refractivity contribution < 1.29 is 9.59 Å². The maximum atomic E-state index is 12.7. The van der Waals surface area contributed by atoms with Crippen molar-refractivity contribution in [3.05, 3.63) is 54.1 Å². The number of rotatable bonds is 6. The number of benzene rings is 2. The van der Waals surface area contributed by atoms with Crippen LogP contribution in [0.25, 0.3) is 0 Å². The molecule has 1 aliphatic heterocycles. The summed E-state index contributed by atoms with van der Waals surface area (Å²) in [5.74, 6) is -0.191. The number of carbonyl (C=O) groups excluding carboxylic acids is 2. The molecule has 0 spiro atoms. The smallest absolute Gasteiger partial charge is 0.244 e. The second kappa shape index (κ2) is 9.09. The van der Waals surface area contributed by atoms with Gasteiger partial charge in [0.1, 0.15) is 6.54 Å². The number of carbonyl (C=O) groups is 2. The first kappa shape index (κ1) is 19.5. The van der Waals surface area contributed by atoms with Crippen molar-refractivity contribution in [2.24, 2.45) is 0 Å². The molecule has 1 N–H and O–H groups in total. The average molecular weight is 383 g/mol. The van der Waals surface area contributed by atoms with E-state index in [0.717, 1.165) is 22.7 Å². The molecule has 1 heterocycles. The van der Waals surface area contributed by atoms with E-state index in [0.29, 0.717) is 6.42 Å². The fraction of sp³-hybridized carbons (Fsp3) is 0.364. The Bertz CT molecular complexity index is 804. The summed E-state index contributed by atoms with van der Waals surface area (Å²) in [5, 5.41) is 3.11. The highest BCUT2D eigenvalue weighted by molar-refractivity contribution is 8.00. The highest BCUT2D eigenvalue weighted by Crippen LogP contribution is 2.37. The Morgan fingerprint density at radius 2 is 1.93 bits per heavy atom. The molecule has 3 rings (SSSR count). The fourth-order valence-electron chi connectivity index (χ4n) is 3.18. The lowest BCUT2D eigenvalue weighted by Gasteiger charge is -2.22. The molecule has 1 atom stereocenters. The molecule has 0 fully saturated rings. The van der Waals surface area contributed by atoms with Crippen LogP contribution in [-0.4, -0.2) is 23.6 Å². The zero-order valence-electron chi connectivity index (χ0n) is 15.9. The molecule has 1 aliphatic rings. The summed E-state index contributed by atoms with van der Waals surface area (Å²) >= 11 is 1.69. The lowest BCUT2D eigenvalue weighted by Crippen LogP contribution is -2.38. The molecule has 27 heavy (non-hydrogen) atoms. The van der Waals surface area contributed by atoms with Gasteiger partial charge < -0.3 is 10.2 Å². The van der Waals surface area contributed by atoms with E-state index in [1.165, 1.54) is 18.4 Å². The topological polar surface area (TPSA) is 49.4 Å². The Hall–Kier alpha value is -2.27. The zero-order chi connectivity index (χ0) is 19.2. The van der Waals surface area contributed by atoms with Crippen molar-refractivity contribution in [2.45, 2.75) is 49.7 Å². The third-order valence-corrected chi connectivity index (χ3v) is 5.77. The van der Waals surface area contributed by atoms with E-state index in [2.05, 4.69) is 24.4 Å². The van der Waals surface area contributed by atoms with Crippen molar-refractivity contribution in [3.8, 4) is 0 Å². The van der Waals surface area contributed by atoms with E-state index in [9.17, 15) is 9.59 Å². The molecule has 1 unspecified atom stereocenters. The monoisotopic (exact) mass is 382 g/mol. The van der Waals surface area contributed by atoms with Gasteiger partial charge in [0.2, 0.25) is 11.8 Å². The van der Waals surface area contributed by atoms with Gasteiger partial charge in [-0.05, 0) is 42.7 Å². The molecule has 4 nitrogen and oxygen atoms in total. The number of aryl methyl sites for hydroxylation is 1. The predicted molar refractivity (Wildman–Crippen MR) is 112 cm³/mol. The van der Waals surface area contributed by atoms with Crippen LogP contribution in [0.1, 0.15) is 38.7 Å². The van der Waals surface area contributed by atoms with Crippen LogP contribution in [0.5, 0.6) is 0 Å². The first-order valence-electron chi connectivity index (χ1n) is 9.51. The predicted octanol–water partition coefficient (Wildman–Crippen LogP) is 4.89. The Morgan fingerprint density at radius 3 is 2.67 bits per heavy atom. The molecule has 0 aromatic heterocycles. The molecular weight excluding hydrogens is 356 g/mol. The van der Waals surface area contributed by atoms with Gasteiger partial charge in [0.25, 0.3) is 0 Å². The Balaban J connectivity index is 1.68. The van der Waals surface area contributed by atoms with Gasteiger partial charge in [-0.15, -0.1) is 11.8 Å². The van der Waals surface area contributed by atoms with Crippen molar-refractivity contribution in [2.75, 3.05) is 16.8 Å². The first-order valence-corrected chi connectivity index (χ1v) is 10.4. The molecule has 2 aromatic rings. The van der Waals surface area contributed by atoms with E-state index in [-0.39, 0.29) is 23.6 Å². The van der Waals surface area contributed by atoms with Crippen molar-refractivity contribution in [1.29, 1.82) is 0 Å². The summed E-state index contributed by atoms with van der Waals surface area (Å²) in [5.41, 5.74) is 2.86. The summed E-state index contributed by atoms with van der Waals surface area (Å²) < 4.78 is 0. The molecule has 0 saturated carbocycles. The second-order valence-electron chi connectivity index (χ2n) is 6.93. The quantitative estimate of drug-likeness (QED) is 0.774. The molecule has 2 aromatic carbocycles. The Labute approximate surface area is 165 Å². The maximum absolute atomic E-state index is 12.7. The van der Waals surface area contributed by atoms with Gasteiger partial charge in [0.15, 0.2) is 0 Å². The number of fused-ring (bicyclic) bond motifs is 1. The van der Waals surface area contributed by atoms with E-state index in [1.807, 2.05) is 43.3 Å². The van der Waals surface area contributed by atoms with Gasteiger partial charge in [-0.3, -0.25) is 9.59 Å². The normalized spacial score (nSPS) is 16.6. The molecule has 0 aliphatic carbocycles. The van der Waals surface area contributed by atoms with Crippen LogP contribution < -0.4 is 10.2 Å². The second-order valence-corrected chi connectivity index (χ2v) is 8.41. The minimum atomic E-state index is -0.181. The Morgan fingerprint density at radius 1 is 1.19 bits per heavy atom. The number of hydrogen-bond donors (Lipinski definition) is 1. The number of hydrogen-bond acceptors (Lipinski definition) is 3. The van der Waals surface area contributed by atoms with Crippen LogP contribution in [0.15, 0.2) is 53.4 Å². The lowest BCUT2D eigenvalue weighted by molar-refractivity contribution is -0.121. The van der Waals surface area contributed by atoms with Gasteiger partial charge in [0, 0.05) is 22.3 Å². The maximum Gasteiger partial charge on any atom is 0.244 e. The number of nitrogens with zero attached hydrogens (tertiary/aromatic N) is 1. The molecule has 5 heteroatoms. The Kier molecular flexibility index (Phi) is 6.56. The van der Waals surface area contributed by atoms with Crippen molar-refractivity contribution >= 4 is 35.0 Å². The highest BCUT2D eigenvalue weighted by Gasteiger charge is 2.27. The molecule has 0 saturated heterocycles. The van der Waals surface area contributed by atoms with Crippen LogP contribution in [-0.2, 0) is 16.0 Å². The van der Waals surface area contributed by atoms with E-state index in [1.54, 1.807) is 16.7 Å². The fourth-order valence-corrected chi connectivity index (χ4v) is 4.30. The minimum absolute atomic E-state index is 0.00925. The van der Waals surface area contributed by atoms with Gasteiger partial charge in [0.05, 0.1) is 5.69 Å². The average Bonchev–Trinajstić information content (AvgIpc) is 2.77.